The van der Waals surface area contributed by atoms with Crippen LogP contribution in [0, 0.1) is 0 Å². The number of ether oxygens (including phenoxy) is 1. The number of phenols is 1. The number of methoxy groups -OCH3 is 1. The highest BCUT2D eigenvalue weighted by molar-refractivity contribution is 5.58. The van der Waals surface area contributed by atoms with Crippen LogP contribution in [0.2, 0.25) is 0 Å². The van der Waals surface area contributed by atoms with Gasteiger partial charge in [0.15, 0.2) is 0 Å². The molecule has 1 aromatic rings. The van der Waals surface area contributed by atoms with Crippen LogP contribution in [-0.2, 0) is 0 Å². The van der Waals surface area contributed by atoms with Crippen LogP contribution in [0.4, 0.5) is 0 Å². The SMILES string of the molecule is COc1ccc(/C=C\CO)c(O)c1. The molecule has 0 aliphatic rings. The van der Waals surface area contributed by atoms with E-state index in [9.17, 15) is 5.11 Å². The van der Waals surface area contributed by atoms with Crippen molar-refractivity contribution in [3.8, 4) is 11.5 Å². The van der Waals surface area contributed by atoms with Crippen molar-refractivity contribution in [2.75, 3.05) is 13.7 Å². The number of aliphatic hydroxyl groups is 1. The van der Waals surface area contributed by atoms with Gasteiger partial charge in [0.25, 0.3) is 0 Å². The quantitative estimate of drug-likeness (QED) is 0.739. The van der Waals surface area contributed by atoms with E-state index < -0.39 is 0 Å². The lowest BCUT2D eigenvalue weighted by molar-refractivity contribution is 0.343. The van der Waals surface area contributed by atoms with E-state index in [0.29, 0.717) is 11.3 Å². The molecule has 70 valence electrons. The minimum absolute atomic E-state index is 0.0362. The zero-order chi connectivity index (χ0) is 9.68. The molecule has 0 amide bonds. The Morgan fingerprint density at radius 1 is 1.46 bits per heavy atom. The van der Waals surface area contributed by atoms with E-state index in [1.54, 1.807) is 24.3 Å². The van der Waals surface area contributed by atoms with Gasteiger partial charge in [-0.1, -0.05) is 12.2 Å². The van der Waals surface area contributed by atoms with Crippen LogP contribution in [0.5, 0.6) is 11.5 Å². The van der Waals surface area contributed by atoms with Gasteiger partial charge in [-0.15, -0.1) is 0 Å². The Morgan fingerprint density at radius 3 is 2.77 bits per heavy atom. The molecular formula is C10H12O3. The highest BCUT2D eigenvalue weighted by atomic mass is 16.5. The van der Waals surface area contributed by atoms with Crippen LogP contribution in [0.25, 0.3) is 6.08 Å². The Kier molecular flexibility index (Phi) is 3.34. The highest BCUT2D eigenvalue weighted by Gasteiger charge is 1.98. The lowest BCUT2D eigenvalue weighted by Gasteiger charge is -2.02. The summed E-state index contributed by atoms with van der Waals surface area (Å²) in [5, 5.41) is 18.0. The molecule has 0 fully saturated rings. The van der Waals surface area contributed by atoms with E-state index in [0.717, 1.165) is 0 Å². The molecule has 0 unspecified atom stereocenters. The van der Waals surface area contributed by atoms with Crippen LogP contribution < -0.4 is 4.74 Å². The number of benzene rings is 1. The molecule has 0 saturated heterocycles. The van der Waals surface area contributed by atoms with Crippen molar-refractivity contribution in [3.63, 3.8) is 0 Å². The Bertz CT molecular complexity index is 305. The van der Waals surface area contributed by atoms with Gasteiger partial charge < -0.3 is 14.9 Å². The van der Waals surface area contributed by atoms with E-state index in [2.05, 4.69) is 0 Å². The monoisotopic (exact) mass is 180 g/mol. The fourth-order valence-electron chi connectivity index (χ4n) is 0.971. The lowest BCUT2D eigenvalue weighted by Crippen LogP contribution is -1.83. The Hall–Kier alpha value is -1.48. The molecule has 0 aromatic heterocycles. The molecule has 3 nitrogen and oxygen atoms in total. The van der Waals surface area contributed by atoms with Crippen LogP contribution in [0.1, 0.15) is 5.56 Å². The van der Waals surface area contributed by atoms with Gasteiger partial charge in [-0.05, 0) is 12.1 Å². The molecule has 0 aliphatic carbocycles. The van der Waals surface area contributed by atoms with Crippen molar-refractivity contribution in [1.29, 1.82) is 0 Å². The van der Waals surface area contributed by atoms with Crippen molar-refractivity contribution >= 4 is 6.08 Å². The summed E-state index contributed by atoms with van der Waals surface area (Å²) >= 11 is 0. The maximum absolute atomic E-state index is 9.44. The standard InChI is InChI=1S/C10H12O3/c1-13-9-5-4-8(3-2-6-11)10(12)7-9/h2-5,7,11-12H,6H2,1H3/b3-2-. The molecule has 1 rings (SSSR count). The van der Waals surface area contributed by atoms with E-state index in [4.69, 9.17) is 9.84 Å². The van der Waals surface area contributed by atoms with Crippen LogP contribution in [-0.4, -0.2) is 23.9 Å². The smallest absolute Gasteiger partial charge is 0.126 e. The van der Waals surface area contributed by atoms with Crippen LogP contribution in [0.3, 0.4) is 0 Å². The van der Waals surface area contributed by atoms with Gasteiger partial charge in [-0.3, -0.25) is 0 Å². The summed E-state index contributed by atoms with van der Waals surface area (Å²) in [6.45, 7) is -0.0362. The second-order valence-corrected chi connectivity index (χ2v) is 2.51. The fourth-order valence-corrected chi connectivity index (χ4v) is 0.971. The Morgan fingerprint density at radius 2 is 2.23 bits per heavy atom. The number of rotatable bonds is 3. The summed E-state index contributed by atoms with van der Waals surface area (Å²) in [5.41, 5.74) is 0.662. The average Bonchev–Trinajstić information content (AvgIpc) is 2.16. The number of aromatic hydroxyl groups is 1. The summed E-state index contributed by atoms with van der Waals surface area (Å²) in [5.74, 6) is 0.752. The van der Waals surface area contributed by atoms with Crippen molar-refractivity contribution < 1.29 is 14.9 Å². The van der Waals surface area contributed by atoms with Gasteiger partial charge in [0, 0.05) is 11.6 Å². The second kappa shape index (κ2) is 4.52. The van der Waals surface area contributed by atoms with Gasteiger partial charge in [0.05, 0.1) is 13.7 Å². The number of hydrogen-bond acceptors (Lipinski definition) is 3. The molecule has 3 heteroatoms. The largest absolute Gasteiger partial charge is 0.507 e. The molecule has 0 spiro atoms. The van der Waals surface area contributed by atoms with Gasteiger partial charge in [-0.25, -0.2) is 0 Å². The minimum atomic E-state index is -0.0362. The number of hydrogen-bond donors (Lipinski definition) is 2. The molecular weight excluding hydrogens is 168 g/mol. The zero-order valence-corrected chi connectivity index (χ0v) is 7.40. The molecule has 1 aromatic carbocycles. The average molecular weight is 180 g/mol. The second-order valence-electron chi connectivity index (χ2n) is 2.51. The molecule has 0 heterocycles. The van der Waals surface area contributed by atoms with Gasteiger partial charge in [0.1, 0.15) is 11.5 Å². The van der Waals surface area contributed by atoms with E-state index in [-0.39, 0.29) is 12.4 Å². The van der Waals surface area contributed by atoms with Crippen LogP contribution in [0.15, 0.2) is 24.3 Å². The first-order valence-electron chi connectivity index (χ1n) is 3.92. The first-order chi connectivity index (χ1) is 6.27. The Labute approximate surface area is 76.9 Å². The Balaban J connectivity index is 2.91. The summed E-state index contributed by atoms with van der Waals surface area (Å²) in [6, 6.07) is 4.99. The maximum atomic E-state index is 9.44. The third-order valence-corrected chi connectivity index (χ3v) is 1.64. The van der Waals surface area contributed by atoms with Crippen molar-refractivity contribution in [2.24, 2.45) is 0 Å². The third kappa shape index (κ3) is 2.49. The summed E-state index contributed by atoms with van der Waals surface area (Å²) in [4.78, 5) is 0. The molecule has 0 bridgehead atoms. The van der Waals surface area contributed by atoms with E-state index in [1.165, 1.54) is 13.2 Å². The normalized spacial score (nSPS) is 10.6. The highest BCUT2D eigenvalue weighted by Crippen LogP contribution is 2.24. The molecule has 2 N–H and O–H groups in total. The minimum Gasteiger partial charge on any atom is -0.507 e. The van der Waals surface area contributed by atoms with Crippen molar-refractivity contribution in [1.82, 2.24) is 0 Å². The summed E-state index contributed by atoms with van der Waals surface area (Å²) < 4.78 is 4.92. The summed E-state index contributed by atoms with van der Waals surface area (Å²) in [6.07, 6.45) is 3.20. The van der Waals surface area contributed by atoms with Crippen molar-refractivity contribution in [3.05, 3.63) is 29.8 Å². The number of phenolic OH excluding ortho intramolecular Hbond substituents is 1. The van der Waals surface area contributed by atoms with E-state index >= 15 is 0 Å². The predicted molar refractivity (Wildman–Crippen MR) is 50.8 cm³/mol. The van der Waals surface area contributed by atoms with E-state index in [1.807, 2.05) is 0 Å². The molecule has 0 atom stereocenters. The topological polar surface area (TPSA) is 49.7 Å². The first kappa shape index (κ1) is 9.61. The van der Waals surface area contributed by atoms with Gasteiger partial charge >= 0.3 is 0 Å². The molecule has 13 heavy (non-hydrogen) atoms. The molecule has 0 aliphatic heterocycles. The lowest BCUT2D eigenvalue weighted by atomic mass is 10.2. The van der Waals surface area contributed by atoms with Gasteiger partial charge in [-0.2, -0.15) is 0 Å². The third-order valence-electron chi connectivity index (χ3n) is 1.64. The summed E-state index contributed by atoms with van der Waals surface area (Å²) in [7, 11) is 1.54. The first-order valence-corrected chi connectivity index (χ1v) is 3.92. The molecule has 0 saturated carbocycles. The van der Waals surface area contributed by atoms with Gasteiger partial charge in [0.2, 0.25) is 0 Å². The molecule has 0 radical (unpaired) electrons. The predicted octanol–water partition coefficient (Wildman–Crippen LogP) is 1.41. The van der Waals surface area contributed by atoms with Crippen molar-refractivity contribution in [2.45, 2.75) is 0 Å². The maximum Gasteiger partial charge on any atom is 0.126 e. The zero-order valence-electron chi connectivity index (χ0n) is 7.40. The number of aliphatic hydroxyl groups excluding tert-OH is 1. The fraction of sp³-hybridized carbons (Fsp3) is 0.200. The van der Waals surface area contributed by atoms with Crippen LogP contribution >= 0.6 is 0 Å².